The van der Waals surface area contributed by atoms with Crippen LogP contribution in [0.5, 0.6) is 5.75 Å². The second kappa shape index (κ2) is 16.1. The van der Waals surface area contributed by atoms with E-state index in [0.717, 1.165) is 0 Å². The summed E-state index contributed by atoms with van der Waals surface area (Å²) in [5.41, 5.74) is 1.63. The van der Waals surface area contributed by atoms with Crippen LogP contribution in [0, 0.1) is 0 Å². The van der Waals surface area contributed by atoms with Crippen LogP contribution in [0.1, 0.15) is 12.5 Å². The summed E-state index contributed by atoms with van der Waals surface area (Å²) in [5, 5.41) is 37.1. The molecule has 0 spiro atoms. The zero-order valence-electron chi connectivity index (χ0n) is 23.0. The molecule has 0 atom stereocenters. The fourth-order valence-electron chi connectivity index (χ4n) is 4.26. The molecule has 42 heavy (non-hydrogen) atoms. The number of amidine groups is 2. The first kappa shape index (κ1) is 32.9. The summed E-state index contributed by atoms with van der Waals surface area (Å²) in [6, 6.07) is 38.2. The van der Waals surface area contributed by atoms with E-state index in [1.54, 1.807) is 38.2 Å². The quantitative estimate of drug-likeness (QED) is 0.0630. The predicted molar refractivity (Wildman–Crippen MR) is 180 cm³/mol. The van der Waals surface area contributed by atoms with Gasteiger partial charge in [0, 0.05) is 17.8 Å². The summed E-state index contributed by atoms with van der Waals surface area (Å²) in [4.78, 5) is 0. The van der Waals surface area contributed by atoms with Gasteiger partial charge in [0.05, 0.1) is 5.71 Å². The van der Waals surface area contributed by atoms with Gasteiger partial charge in [0.1, 0.15) is 40.9 Å². The van der Waals surface area contributed by atoms with Gasteiger partial charge in [-0.1, -0.05) is 54.6 Å². The number of benzene rings is 4. The normalized spacial score (nSPS) is 12.8. The van der Waals surface area contributed by atoms with Crippen molar-refractivity contribution >= 4 is 70.2 Å². The summed E-state index contributed by atoms with van der Waals surface area (Å²) < 4.78 is 0. The maximum Gasteiger partial charge on any atom is 2.00 e. The molecule has 0 bridgehead atoms. The zero-order chi connectivity index (χ0) is 29.1. The Balaban J connectivity index is 0.00000484. The molecule has 0 aliphatic rings. The Morgan fingerprint density at radius 2 is 1.12 bits per heavy atom. The topological polar surface area (TPSA) is 93.7 Å². The molecule has 1 radical (unpaired) electrons. The molecule has 4 aromatic carbocycles. The van der Waals surface area contributed by atoms with Gasteiger partial charge in [-0.3, -0.25) is 0 Å². The number of nitrogens with one attached hydrogen (secondary N) is 2. The molecule has 7 nitrogen and oxygen atoms in total. The van der Waals surface area contributed by atoms with Crippen molar-refractivity contribution in [1.82, 2.24) is 10.6 Å². The number of nitrogens with zero attached hydrogens (tertiary/aromatic N) is 4. The standard InChI is InChI=1S/C31H31N6OPS2.Cu/c1-23(29(35-36-30(40)32-2)24-18-20-25(38)21-19-24)34-37-31(41)33-22-39(26-12-6-3-7-13-26,27-14-8-4-9-15-27)28-16-10-5-11-17-28;/h3-21H,22H2,1-2H3,(H4-,32,33,34,35,36,37,38,40,41);/q;+2/p-1. The monoisotopic (exact) mass is 660 g/mol. The number of phenols is 1. The van der Waals surface area contributed by atoms with Crippen LogP contribution in [0.4, 0.5) is 0 Å². The minimum atomic E-state index is -2.14. The van der Waals surface area contributed by atoms with E-state index in [0.29, 0.717) is 23.3 Å². The summed E-state index contributed by atoms with van der Waals surface area (Å²) >= 11 is 10.8. The van der Waals surface area contributed by atoms with E-state index in [-0.39, 0.29) is 33.2 Å². The van der Waals surface area contributed by atoms with Crippen molar-refractivity contribution < 1.29 is 22.2 Å². The van der Waals surface area contributed by atoms with Crippen LogP contribution in [-0.2, 0) is 42.3 Å². The van der Waals surface area contributed by atoms with E-state index < -0.39 is 7.26 Å². The van der Waals surface area contributed by atoms with Gasteiger partial charge in [-0.05, 0) is 72.8 Å². The Kier molecular flexibility index (Phi) is 12.6. The SMILES string of the molecule is CN/C([S-])=N/N=C(/C(C)=N/N=C(\[S-])NC[P+](c1ccccc1)(c1ccccc1)c1ccccc1)c1ccc(O)cc1.[Cu+2]. The van der Waals surface area contributed by atoms with E-state index in [9.17, 15) is 5.11 Å². The molecule has 0 fully saturated rings. The fourth-order valence-corrected chi connectivity index (χ4v) is 8.39. The van der Waals surface area contributed by atoms with Crippen LogP contribution >= 0.6 is 7.26 Å². The first-order chi connectivity index (χ1) is 19.9. The third kappa shape index (κ3) is 8.22. The molecule has 0 aliphatic heterocycles. The number of hydrogen-bond acceptors (Lipinski definition) is 7. The van der Waals surface area contributed by atoms with Gasteiger partial charge in [0.25, 0.3) is 0 Å². The second-order valence-electron chi connectivity index (χ2n) is 8.89. The van der Waals surface area contributed by atoms with Gasteiger partial charge in [0.15, 0.2) is 0 Å². The van der Waals surface area contributed by atoms with Crippen LogP contribution in [-0.4, -0.2) is 40.2 Å². The van der Waals surface area contributed by atoms with Crippen molar-refractivity contribution in [3.63, 3.8) is 0 Å². The van der Waals surface area contributed by atoms with Crippen LogP contribution in [0.2, 0.25) is 0 Å². The molecular formula is C31H30CuN6OPS2+. The largest absolute Gasteiger partial charge is 2.00 e. The molecule has 0 saturated heterocycles. The summed E-state index contributed by atoms with van der Waals surface area (Å²) in [6.45, 7) is 1.77. The van der Waals surface area contributed by atoms with Crippen molar-refractivity contribution in [2.75, 3.05) is 13.3 Å². The van der Waals surface area contributed by atoms with E-state index >= 15 is 0 Å². The Labute approximate surface area is 269 Å². The summed E-state index contributed by atoms with van der Waals surface area (Å²) in [5.74, 6) is 0.141. The average Bonchev–Trinajstić information content (AvgIpc) is 3.02. The average molecular weight is 661 g/mol. The first-order valence-corrected chi connectivity index (χ1v) is 15.6. The minimum absolute atomic E-state index is 0. The molecule has 3 N–H and O–H groups in total. The Morgan fingerprint density at radius 3 is 1.57 bits per heavy atom. The van der Waals surface area contributed by atoms with E-state index in [2.05, 4.69) is 104 Å². The Bertz CT molecular complexity index is 1450. The van der Waals surface area contributed by atoms with E-state index in [4.69, 9.17) is 25.3 Å². The summed E-state index contributed by atoms with van der Waals surface area (Å²) in [7, 11) is -0.471. The molecule has 0 amide bonds. The number of phenolic OH excluding ortho intramolecular Hbond substituents is 1. The van der Waals surface area contributed by atoms with E-state index in [1.165, 1.54) is 15.9 Å². The third-order valence-electron chi connectivity index (χ3n) is 6.29. The molecule has 0 unspecified atom stereocenters. The Hall–Kier alpha value is -3.65. The van der Waals surface area contributed by atoms with Gasteiger partial charge in [-0.25, -0.2) is 0 Å². The minimum Gasteiger partial charge on any atom is -0.741 e. The van der Waals surface area contributed by atoms with Gasteiger partial charge >= 0.3 is 17.1 Å². The molecule has 4 rings (SSSR count). The summed E-state index contributed by atoms with van der Waals surface area (Å²) in [6.07, 6.45) is 0.562. The maximum atomic E-state index is 9.72. The molecule has 0 aliphatic carbocycles. The van der Waals surface area contributed by atoms with Crippen molar-refractivity contribution in [3.8, 4) is 5.75 Å². The second-order valence-corrected chi connectivity index (χ2v) is 13.2. The van der Waals surface area contributed by atoms with E-state index in [1.807, 2.05) is 18.2 Å². The van der Waals surface area contributed by atoms with Crippen molar-refractivity contribution in [2.45, 2.75) is 6.92 Å². The van der Waals surface area contributed by atoms with Crippen LogP contribution in [0.3, 0.4) is 0 Å². The molecule has 0 heterocycles. The third-order valence-corrected chi connectivity index (χ3v) is 11.0. The molecular weight excluding hydrogens is 631 g/mol. The van der Waals surface area contributed by atoms with Gasteiger partial charge in [0.2, 0.25) is 0 Å². The van der Waals surface area contributed by atoms with Crippen molar-refractivity contribution in [2.24, 2.45) is 20.4 Å². The molecule has 217 valence electrons. The van der Waals surface area contributed by atoms with Crippen LogP contribution < -0.4 is 26.5 Å². The molecule has 11 heteroatoms. The number of hydrogen-bond donors (Lipinski definition) is 3. The number of rotatable bonds is 9. The molecule has 0 saturated carbocycles. The van der Waals surface area contributed by atoms with Crippen molar-refractivity contribution in [3.05, 3.63) is 121 Å². The predicted octanol–water partition coefficient (Wildman–Crippen LogP) is 4.04. The van der Waals surface area contributed by atoms with Crippen LogP contribution in [0.25, 0.3) is 0 Å². The van der Waals surface area contributed by atoms with Gasteiger partial charge in [-0.15, -0.1) is 5.10 Å². The maximum absolute atomic E-state index is 9.72. The van der Waals surface area contributed by atoms with Gasteiger partial charge in [-0.2, -0.15) is 15.3 Å². The number of aromatic hydroxyl groups is 1. The Morgan fingerprint density at radius 1 is 0.667 bits per heavy atom. The fraction of sp³-hybridized carbons (Fsp3) is 0.0968. The first-order valence-electron chi connectivity index (χ1n) is 12.8. The smallest absolute Gasteiger partial charge is 0.741 e. The van der Waals surface area contributed by atoms with Crippen molar-refractivity contribution in [1.29, 1.82) is 0 Å². The molecule has 4 aromatic rings. The zero-order valence-corrected chi connectivity index (χ0v) is 26.4. The van der Waals surface area contributed by atoms with Gasteiger partial charge < -0.3 is 41.0 Å². The van der Waals surface area contributed by atoms with Crippen LogP contribution in [0.15, 0.2) is 136 Å². The molecule has 0 aromatic heterocycles.